The maximum atomic E-state index is 6.02. The maximum absolute atomic E-state index is 6.02. The molecule has 3 aromatic rings. The van der Waals surface area contributed by atoms with Crippen molar-refractivity contribution in [2.24, 2.45) is 0 Å². The average molecular weight is 305 g/mol. The van der Waals surface area contributed by atoms with Gasteiger partial charge in [-0.25, -0.2) is 0 Å². The molecule has 0 saturated heterocycles. The van der Waals surface area contributed by atoms with Gasteiger partial charge in [0.15, 0.2) is 0 Å². The Morgan fingerprint density at radius 3 is 1.82 bits per heavy atom. The van der Waals surface area contributed by atoms with Crippen LogP contribution in [0.15, 0.2) is 91.0 Å². The van der Waals surface area contributed by atoms with Crippen molar-refractivity contribution in [2.45, 2.75) is 5.92 Å². The number of hydrogen-bond acceptors (Lipinski definition) is 0. The Kier molecular flexibility index (Phi) is 4.72. The highest BCUT2D eigenvalue weighted by molar-refractivity contribution is 6.30. The molecule has 0 amide bonds. The summed E-state index contributed by atoms with van der Waals surface area (Å²) in [6.07, 6.45) is 4.42. The molecule has 0 radical (unpaired) electrons. The van der Waals surface area contributed by atoms with Gasteiger partial charge in [0.05, 0.1) is 0 Å². The minimum Gasteiger partial charge on any atom is -0.0843 e. The van der Waals surface area contributed by atoms with E-state index in [0.29, 0.717) is 0 Å². The van der Waals surface area contributed by atoms with E-state index < -0.39 is 0 Å². The summed E-state index contributed by atoms with van der Waals surface area (Å²) in [5.41, 5.74) is 3.72. The van der Waals surface area contributed by atoms with Crippen LogP contribution in [0, 0.1) is 0 Å². The SMILES string of the molecule is Clc1ccc(C(/C=C/c2ccccc2)c2ccccc2)cc1. The van der Waals surface area contributed by atoms with Crippen molar-refractivity contribution in [3.05, 3.63) is 113 Å². The zero-order valence-electron chi connectivity index (χ0n) is 12.2. The van der Waals surface area contributed by atoms with Gasteiger partial charge in [0.1, 0.15) is 0 Å². The molecular formula is C21H17Cl. The Morgan fingerprint density at radius 1 is 0.636 bits per heavy atom. The third kappa shape index (κ3) is 3.66. The lowest BCUT2D eigenvalue weighted by Crippen LogP contribution is -1.97. The molecule has 0 aliphatic rings. The number of benzene rings is 3. The zero-order valence-corrected chi connectivity index (χ0v) is 12.9. The number of halogens is 1. The lowest BCUT2D eigenvalue weighted by atomic mass is 9.90. The van der Waals surface area contributed by atoms with Crippen LogP contribution in [0.25, 0.3) is 6.08 Å². The van der Waals surface area contributed by atoms with Gasteiger partial charge in [-0.3, -0.25) is 0 Å². The van der Waals surface area contributed by atoms with Crippen molar-refractivity contribution in [3.8, 4) is 0 Å². The molecule has 1 heteroatoms. The lowest BCUT2D eigenvalue weighted by Gasteiger charge is -2.14. The van der Waals surface area contributed by atoms with E-state index in [1.807, 2.05) is 24.3 Å². The number of allylic oxidation sites excluding steroid dienone is 1. The van der Waals surface area contributed by atoms with Crippen LogP contribution in [0.1, 0.15) is 22.6 Å². The molecule has 1 atom stereocenters. The van der Waals surface area contributed by atoms with Crippen LogP contribution in [0.5, 0.6) is 0 Å². The van der Waals surface area contributed by atoms with E-state index in [1.165, 1.54) is 16.7 Å². The highest BCUT2D eigenvalue weighted by atomic mass is 35.5. The molecule has 1 unspecified atom stereocenters. The summed E-state index contributed by atoms with van der Waals surface area (Å²) in [5.74, 6) is 0.221. The molecule has 0 bridgehead atoms. The second-order valence-electron chi connectivity index (χ2n) is 5.21. The summed E-state index contributed by atoms with van der Waals surface area (Å²) in [7, 11) is 0. The Labute approximate surface area is 136 Å². The van der Waals surface area contributed by atoms with E-state index >= 15 is 0 Å². The summed E-state index contributed by atoms with van der Waals surface area (Å²) in [4.78, 5) is 0. The number of rotatable bonds is 4. The predicted octanol–water partition coefficient (Wildman–Crippen LogP) is 6.19. The van der Waals surface area contributed by atoms with Crippen molar-refractivity contribution in [1.29, 1.82) is 0 Å². The normalized spacial score (nSPS) is 12.4. The molecule has 0 aromatic heterocycles. The highest BCUT2D eigenvalue weighted by Crippen LogP contribution is 2.27. The molecule has 3 rings (SSSR count). The first-order chi connectivity index (χ1) is 10.8. The lowest BCUT2D eigenvalue weighted by molar-refractivity contribution is 1.03. The molecular weight excluding hydrogens is 288 g/mol. The molecule has 0 aliphatic heterocycles. The van der Waals surface area contributed by atoms with Crippen LogP contribution < -0.4 is 0 Å². The summed E-state index contributed by atoms with van der Waals surface area (Å²) >= 11 is 6.02. The van der Waals surface area contributed by atoms with Gasteiger partial charge in [0.25, 0.3) is 0 Å². The van der Waals surface area contributed by atoms with Crippen LogP contribution in [0.2, 0.25) is 5.02 Å². The third-order valence-electron chi connectivity index (χ3n) is 3.67. The van der Waals surface area contributed by atoms with Crippen LogP contribution in [-0.2, 0) is 0 Å². The standard InChI is InChI=1S/C21H17Cl/c22-20-14-12-19(13-15-20)21(18-9-5-2-6-10-18)16-11-17-7-3-1-4-8-17/h1-16,21H/b16-11+. The smallest absolute Gasteiger partial charge is 0.0406 e. The molecule has 0 nitrogen and oxygen atoms in total. The summed E-state index contributed by atoms with van der Waals surface area (Å²) < 4.78 is 0. The Hall–Kier alpha value is -2.31. The van der Waals surface area contributed by atoms with Crippen LogP contribution in [-0.4, -0.2) is 0 Å². The van der Waals surface area contributed by atoms with Gasteiger partial charge in [0, 0.05) is 10.9 Å². The molecule has 0 saturated carbocycles. The van der Waals surface area contributed by atoms with E-state index in [4.69, 9.17) is 11.6 Å². The van der Waals surface area contributed by atoms with Crippen LogP contribution >= 0.6 is 11.6 Å². The molecule has 0 heterocycles. The van der Waals surface area contributed by atoms with Crippen molar-refractivity contribution < 1.29 is 0 Å². The van der Waals surface area contributed by atoms with Gasteiger partial charge in [0.2, 0.25) is 0 Å². The second kappa shape index (κ2) is 7.11. The van der Waals surface area contributed by atoms with Gasteiger partial charge < -0.3 is 0 Å². The van der Waals surface area contributed by atoms with Gasteiger partial charge in [-0.15, -0.1) is 0 Å². The Balaban J connectivity index is 1.96. The first-order valence-corrected chi connectivity index (χ1v) is 7.74. The van der Waals surface area contributed by atoms with E-state index in [-0.39, 0.29) is 5.92 Å². The molecule has 3 aromatic carbocycles. The zero-order chi connectivity index (χ0) is 15.2. The van der Waals surface area contributed by atoms with E-state index in [0.717, 1.165) is 5.02 Å². The predicted molar refractivity (Wildman–Crippen MR) is 95.2 cm³/mol. The van der Waals surface area contributed by atoms with Crippen molar-refractivity contribution in [1.82, 2.24) is 0 Å². The molecule has 0 fully saturated rings. The molecule has 108 valence electrons. The first kappa shape index (κ1) is 14.6. The quantitative estimate of drug-likeness (QED) is 0.539. The maximum Gasteiger partial charge on any atom is 0.0406 e. The van der Waals surface area contributed by atoms with Crippen molar-refractivity contribution in [2.75, 3.05) is 0 Å². The first-order valence-electron chi connectivity index (χ1n) is 7.36. The van der Waals surface area contributed by atoms with Gasteiger partial charge >= 0.3 is 0 Å². The second-order valence-corrected chi connectivity index (χ2v) is 5.65. The summed E-state index contributed by atoms with van der Waals surface area (Å²) in [6.45, 7) is 0. The largest absolute Gasteiger partial charge is 0.0843 e. The Bertz CT molecular complexity index is 728. The van der Waals surface area contributed by atoms with Gasteiger partial charge in [-0.2, -0.15) is 0 Å². The van der Waals surface area contributed by atoms with E-state index in [1.54, 1.807) is 0 Å². The molecule has 0 aliphatic carbocycles. The summed E-state index contributed by atoms with van der Waals surface area (Å²) in [5, 5.41) is 0.766. The molecule has 0 N–H and O–H groups in total. The van der Waals surface area contributed by atoms with E-state index in [9.17, 15) is 0 Å². The van der Waals surface area contributed by atoms with Gasteiger partial charge in [-0.1, -0.05) is 96.5 Å². The fraction of sp³-hybridized carbons (Fsp3) is 0.0476. The Morgan fingerprint density at radius 2 is 1.18 bits per heavy atom. The van der Waals surface area contributed by atoms with Crippen LogP contribution in [0.3, 0.4) is 0 Å². The fourth-order valence-electron chi connectivity index (χ4n) is 2.52. The van der Waals surface area contributed by atoms with Crippen molar-refractivity contribution in [3.63, 3.8) is 0 Å². The fourth-order valence-corrected chi connectivity index (χ4v) is 2.64. The minimum absolute atomic E-state index is 0.221. The molecule has 22 heavy (non-hydrogen) atoms. The third-order valence-corrected chi connectivity index (χ3v) is 3.92. The highest BCUT2D eigenvalue weighted by Gasteiger charge is 2.10. The average Bonchev–Trinajstić information content (AvgIpc) is 2.58. The minimum atomic E-state index is 0.221. The summed E-state index contributed by atoms with van der Waals surface area (Å²) in [6, 6.07) is 29.0. The van der Waals surface area contributed by atoms with Gasteiger partial charge in [-0.05, 0) is 28.8 Å². The number of hydrogen-bond donors (Lipinski definition) is 0. The monoisotopic (exact) mass is 304 g/mol. The van der Waals surface area contributed by atoms with Crippen LogP contribution in [0.4, 0.5) is 0 Å². The van der Waals surface area contributed by atoms with E-state index in [2.05, 4.69) is 72.8 Å². The topological polar surface area (TPSA) is 0 Å². The van der Waals surface area contributed by atoms with Crippen molar-refractivity contribution >= 4 is 17.7 Å². The molecule has 0 spiro atoms.